The molecule has 4 nitrogen and oxygen atoms in total. The third-order valence-electron chi connectivity index (χ3n) is 4.26. The molecule has 0 radical (unpaired) electrons. The topological polar surface area (TPSA) is 49.4 Å². The Morgan fingerprint density at radius 2 is 2.00 bits per heavy atom. The quantitative estimate of drug-likeness (QED) is 0.877. The summed E-state index contributed by atoms with van der Waals surface area (Å²) in [5.41, 5.74) is 4.15. The number of hydrogen-bond acceptors (Lipinski definition) is 3. The number of amides is 1. The Balaban J connectivity index is 1.49. The van der Waals surface area contributed by atoms with E-state index in [0.29, 0.717) is 23.6 Å². The number of hydrogen-bond donors (Lipinski definition) is 1. The number of carbonyl (C=O) groups excluding carboxylic acids is 1. The summed E-state index contributed by atoms with van der Waals surface area (Å²) in [6, 6.07) is 15.6. The highest BCUT2D eigenvalue weighted by atomic mass is 32.2. The zero-order valence-corrected chi connectivity index (χ0v) is 14.6. The van der Waals surface area contributed by atoms with E-state index >= 15 is 0 Å². The highest BCUT2D eigenvalue weighted by Crippen LogP contribution is 2.27. The van der Waals surface area contributed by atoms with Crippen LogP contribution in [0.3, 0.4) is 0 Å². The van der Waals surface area contributed by atoms with Crippen LogP contribution in [0.2, 0.25) is 0 Å². The predicted octanol–water partition coefficient (Wildman–Crippen LogP) is 2.36. The van der Waals surface area contributed by atoms with Crippen LogP contribution in [-0.2, 0) is 23.0 Å². The lowest BCUT2D eigenvalue weighted by Crippen LogP contribution is -2.28. The van der Waals surface area contributed by atoms with E-state index in [9.17, 15) is 9.00 Å². The first-order valence-electron chi connectivity index (χ1n) is 8.14. The van der Waals surface area contributed by atoms with Crippen LogP contribution in [0.25, 0.3) is 0 Å². The van der Waals surface area contributed by atoms with Gasteiger partial charge in [0.1, 0.15) is 0 Å². The maximum atomic E-state index is 12.3. The van der Waals surface area contributed by atoms with Crippen molar-refractivity contribution in [1.82, 2.24) is 5.32 Å². The summed E-state index contributed by atoms with van der Waals surface area (Å²) in [5.74, 6) is 0.890. The van der Waals surface area contributed by atoms with Crippen LogP contribution in [0.4, 0.5) is 5.69 Å². The summed E-state index contributed by atoms with van der Waals surface area (Å²) in [6.45, 7) is 1.42. The number of anilines is 1. The van der Waals surface area contributed by atoms with Gasteiger partial charge in [-0.25, -0.2) is 0 Å². The Morgan fingerprint density at radius 3 is 2.79 bits per heavy atom. The monoisotopic (exact) mass is 342 g/mol. The van der Waals surface area contributed by atoms with Crippen molar-refractivity contribution in [3.8, 4) is 0 Å². The number of benzene rings is 2. The number of nitrogens with one attached hydrogen (secondary N) is 1. The SMILES string of the molecule is CN1CCc2ccc(C(=O)NCC[S@@](=O)Cc3ccccc3)cc21. The van der Waals surface area contributed by atoms with Crippen LogP contribution >= 0.6 is 0 Å². The summed E-state index contributed by atoms with van der Waals surface area (Å²) in [6.07, 6.45) is 1.03. The average Bonchev–Trinajstić information content (AvgIpc) is 2.96. The van der Waals surface area contributed by atoms with Crippen LogP contribution in [0.1, 0.15) is 21.5 Å². The molecule has 2 aromatic rings. The smallest absolute Gasteiger partial charge is 0.251 e. The molecule has 1 aliphatic rings. The lowest BCUT2D eigenvalue weighted by molar-refractivity contribution is 0.0956. The second-order valence-electron chi connectivity index (χ2n) is 6.04. The number of carbonyl (C=O) groups is 1. The van der Waals surface area contributed by atoms with Crippen molar-refractivity contribution >= 4 is 22.4 Å². The van der Waals surface area contributed by atoms with Gasteiger partial charge < -0.3 is 10.2 Å². The first kappa shape index (κ1) is 16.7. The van der Waals surface area contributed by atoms with Crippen molar-refractivity contribution in [2.24, 2.45) is 0 Å². The van der Waals surface area contributed by atoms with E-state index in [1.165, 1.54) is 5.56 Å². The molecule has 0 unspecified atom stereocenters. The Hall–Kier alpha value is -2.14. The Morgan fingerprint density at radius 1 is 1.21 bits per heavy atom. The van der Waals surface area contributed by atoms with Gasteiger partial charge in [0.25, 0.3) is 5.91 Å². The van der Waals surface area contributed by atoms with Gasteiger partial charge in [0.2, 0.25) is 0 Å². The standard InChI is InChI=1S/C19H22N2O2S/c1-21-11-9-16-7-8-17(13-18(16)21)19(22)20-10-12-24(23)14-15-5-3-2-4-6-15/h2-8,13H,9-12,14H2,1H3,(H,20,22)/t24-/m1/s1. The van der Waals surface area contributed by atoms with Gasteiger partial charge in [0.05, 0.1) is 0 Å². The fourth-order valence-electron chi connectivity index (χ4n) is 2.89. The van der Waals surface area contributed by atoms with Gasteiger partial charge in [-0.1, -0.05) is 36.4 Å². The third kappa shape index (κ3) is 4.03. The Labute approximate surface area is 145 Å². The van der Waals surface area contributed by atoms with E-state index in [1.54, 1.807) is 0 Å². The molecule has 1 aliphatic heterocycles. The second-order valence-corrected chi connectivity index (χ2v) is 7.62. The number of likely N-dealkylation sites (N-methyl/N-ethyl adjacent to an activating group) is 1. The Kier molecular flexibility index (Phi) is 5.30. The molecule has 3 rings (SSSR count). The highest BCUT2D eigenvalue weighted by Gasteiger charge is 2.17. The zero-order valence-electron chi connectivity index (χ0n) is 13.8. The van der Waals surface area contributed by atoms with Crippen LogP contribution in [-0.4, -0.2) is 36.0 Å². The van der Waals surface area contributed by atoms with Crippen molar-refractivity contribution in [1.29, 1.82) is 0 Å². The first-order chi connectivity index (χ1) is 11.6. The van der Waals surface area contributed by atoms with Crippen molar-refractivity contribution < 1.29 is 9.00 Å². The second kappa shape index (κ2) is 7.62. The van der Waals surface area contributed by atoms with Gasteiger partial charge >= 0.3 is 0 Å². The van der Waals surface area contributed by atoms with E-state index in [2.05, 4.69) is 10.2 Å². The molecule has 24 heavy (non-hydrogen) atoms. The minimum atomic E-state index is -0.972. The molecule has 0 aromatic heterocycles. The molecule has 1 heterocycles. The van der Waals surface area contributed by atoms with Gasteiger partial charge in [-0.3, -0.25) is 9.00 Å². The van der Waals surface area contributed by atoms with Crippen molar-refractivity contribution in [2.75, 3.05) is 30.8 Å². The predicted molar refractivity (Wildman–Crippen MR) is 98.9 cm³/mol. The van der Waals surface area contributed by atoms with E-state index in [1.807, 2.05) is 55.6 Å². The maximum Gasteiger partial charge on any atom is 0.251 e. The van der Waals surface area contributed by atoms with E-state index < -0.39 is 10.8 Å². The van der Waals surface area contributed by atoms with Gasteiger partial charge in [-0.05, 0) is 29.7 Å². The fraction of sp³-hybridized carbons (Fsp3) is 0.316. The molecule has 1 atom stereocenters. The molecule has 0 saturated heterocycles. The molecule has 2 aromatic carbocycles. The van der Waals surface area contributed by atoms with Gasteiger partial charge in [-0.2, -0.15) is 0 Å². The van der Waals surface area contributed by atoms with Crippen molar-refractivity contribution in [3.05, 3.63) is 65.2 Å². The van der Waals surface area contributed by atoms with Gasteiger partial charge in [-0.15, -0.1) is 0 Å². The van der Waals surface area contributed by atoms with Crippen LogP contribution in [0.5, 0.6) is 0 Å². The molecule has 0 saturated carbocycles. The molecule has 1 amide bonds. The van der Waals surface area contributed by atoms with Crippen molar-refractivity contribution in [2.45, 2.75) is 12.2 Å². The summed E-state index contributed by atoms with van der Waals surface area (Å²) < 4.78 is 12.1. The zero-order chi connectivity index (χ0) is 16.9. The summed E-state index contributed by atoms with van der Waals surface area (Å²) in [7, 11) is 1.07. The summed E-state index contributed by atoms with van der Waals surface area (Å²) in [4.78, 5) is 14.4. The van der Waals surface area contributed by atoms with E-state index in [0.717, 1.165) is 24.2 Å². The molecule has 126 valence electrons. The summed E-state index contributed by atoms with van der Waals surface area (Å²) in [5, 5.41) is 2.87. The fourth-order valence-corrected chi connectivity index (χ4v) is 3.93. The maximum absolute atomic E-state index is 12.3. The molecular weight excluding hydrogens is 320 g/mol. The molecule has 0 spiro atoms. The number of fused-ring (bicyclic) bond motifs is 1. The molecular formula is C19H22N2O2S. The molecule has 0 aliphatic carbocycles. The largest absolute Gasteiger partial charge is 0.374 e. The third-order valence-corrected chi connectivity index (χ3v) is 5.58. The van der Waals surface area contributed by atoms with E-state index in [-0.39, 0.29) is 5.91 Å². The molecule has 5 heteroatoms. The van der Waals surface area contributed by atoms with Gasteiger partial charge in [0, 0.05) is 53.7 Å². The lowest BCUT2D eigenvalue weighted by Gasteiger charge is -2.13. The summed E-state index contributed by atoms with van der Waals surface area (Å²) >= 11 is 0. The number of rotatable bonds is 6. The molecule has 1 N–H and O–H groups in total. The highest BCUT2D eigenvalue weighted by molar-refractivity contribution is 7.84. The average molecular weight is 342 g/mol. The van der Waals surface area contributed by atoms with Crippen LogP contribution < -0.4 is 10.2 Å². The minimum absolute atomic E-state index is 0.102. The van der Waals surface area contributed by atoms with Gasteiger partial charge in [0.15, 0.2) is 0 Å². The molecule has 0 fully saturated rings. The first-order valence-corrected chi connectivity index (χ1v) is 9.63. The number of nitrogens with zero attached hydrogens (tertiary/aromatic N) is 1. The van der Waals surface area contributed by atoms with Crippen molar-refractivity contribution in [3.63, 3.8) is 0 Å². The lowest BCUT2D eigenvalue weighted by atomic mass is 10.1. The Bertz CT molecular complexity index is 746. The minimum Gasteiger partial charge on any atom is -0.374 e. The normalized spacial score (nSPS) is 14.3. The van der Waals surface area contributed by atoms with E-state index in [4.69, 9.17) is 0 Å². The molecule has 0 bridgehead atoms. The van der Waals surface area contributed by atoms with Crippen LogP contribution in [0.15, 0.2) is 48.5 Å². The van der Waals surface area contributed by atoms with Crippen LogP contribution in [0, 0.1) is 0 Å².